The average molecular weight is 358 g/mol. The number of rotatable bonds is 6. The van der Waals surface area contributed by atoms with E-state index in [1.807, 2.05) is 40.7 Å². The number of hydrogen-bond donors (Lipinski definition) is 0. The maximum atomic E-state index is 12.6. The number of carbonyl (C=O) groups excluding carboxylic acids is 1. The van der Waals surface area contributed by atoms with E-state index in [9.17, 15) is 4.79 Å². The molecule has 25 heavy (non-hydrogen) atoms. The van der Waals surface area contributed by atoms with Gasteiger partial charge in [0.15, 0.2) is 0 Å². The first-order valence-electron chi connectivity index (χ1n) is 8.60. The highest BCUT2D eigenvalue weighted by Gasteiger charge is 2.51. The summed E-state index contributed by atoms with van der Waals surface area (Å²) in [7, 11) is 0. The molecule has 0 spiro atoms. The fraction of sp³-hybridized carbons (Fsp3) is 0.474. The van der Waals surface area contributed by atoms with Gasteiger partial charge in [0, 0.05) is 41.7 Å². The smallest absolute Gasteiger partial charge is 0.227 e. The highest BCUT2D eigenvalue weighted by molar-refractivity contribution is 7.10. The van der Waals surface area contributed by atoms with Crippen LogP contribution in [-0.2, 0) is 27.3 Å². The van der Waals surface area contributed by atoms with Gasteiger partial charge >= 0.3 is 0 Å². The van der Waals surface area contributed by atoms with Crippen molar-refractivity contribution < 1.29 is 14.3 Å². The van der Waals surface area contributed by atoms with E-state index < -0.39 is 0 Å². The molecule has 2 saturated heterocycles. The van der Waals surface area contributed by atoms with Gasteiger partial charge in [0.25, 0.3) is 0 Å². The minimum atomic E-state index is -0.0622. The van der Waals surface area contributed by atoms with Crippen LogP contribution in [0.3, 0.4) is 0 Å². The lowest BCUT2D eigenvalue weighted by atomic mass is 9.82. The van der Waals surface area contributed by atoms with Crippen LogP contribution in [0.4, 0.5) is 0 Å². The molecule has 0 radical (unpaired) electrons. The quantitative estimate of drug-likeness (QED) is 0.796. The predicted octanol–water partition coefficient (Wildman–Crippen LogP) is 2.38. The Labute approximate surface area is 151 Å². The van der Waals surface area contributed by atoms with Gasteiger partial charge in [0.05, 0.1) is 32.8 Å². The second-order valence-electron chi connectivity index (χ2n) is 6.96. The topological polar surface area (TPSA) is 51.7 Å². The Bertz CT molecular complexity index is 707. The van der Waals surface area contributed by atoms with E-state index in [1.54, 1.807) is 17.5 Å². The number of nitrogens with zero attached hydrogens (tertiary/aromatic N) is 2. The third kappa shape index (κ3) is 3.61. The van der Waals surface area contributed by atoms with Crippen molar-refractivity contribution in [3.63, 3.8) is 0 Å². The van der Waals surface area contributed by atoms with Crippen LogP contribution < -0.4 is 0 Å². The third-order valence-corrected chi connectivity index (χ3v) is 6.04. The predicted molar refractivity (Wildman–Crippen MR) is 95.2 cm³/mol. The number of amides is 1. The normalized spacial score (nSPS) is 25.3. The van der Waals surface area contributed by atoms with Crippen LogP contribution in [0.25, 0.3) is 0 Å². The molecule has 5 nitrogen and oxygen atoms in total. The van der Waals surface area contributed by atoms with Gasteiger partial charge in [0.2, 0.25) is 5.91 Å². The van der Waals surface area contributed by atoms with Gasteiger partial charge in [-0.3, -0.25) is 9.78 Å². The molecule has 1 amide bonds. The minimum Gasteiger partial charge on any atom is -0.380 e. The number of ether oxygens (including phenoxy) is 2. The van der Waals surface area contributed by atoms with Crippen LogP contribution in [0.2, 0.25) is 0 Å². The lowest BCUT2D eigenvalue weighted by Crippen LogP contribution is -2.37. The number of aromatic nitrogens is 1. The van der Waals surface area contributed by atoms with Crippen molar-refractivity contribution in [3.05, 3.63) is 52.5 Å². The van der Waals surface area contributed by atoms with Gasteiger partial charge in [-0.05, 0) is 23.1 Å². The number of hydrogen-bond acceptors (Lipinski definition) is 5. The van der Waals surface area contributed by atoms with Crippen LogP contribution in [0.15, 0.2) is 42.0 Å². The summed E-state index contributed by atoms with van der Waals surface area (Å²) in [5.41, 5.74) is 1.01. The molecule has 2 aromatic heterocycles. The first-order valence-corrected chi connectivity index (χ1v) is 9.48. The summed E-state index contributed by atoms with van der Waals surface area (Å²) >= 11 is 1.64. The zero-order valence-electron chi connectivity index (χ0n) is 14.1. The molecular weight excluding hydrogens is 336 g/mol. The zero-order valence-corrected chi connectivity index (χ0v) is 14.9. The Hall–Kier alpha value is -1.76. The average Bonchev–Trinajstić information content (AvgIpc) is 3.31. The van der Waals surface area contributed by atoms with Crippen LogP contribution in [-0.4, -0.2) is 48.7 Å². The molecule has 4 heterocycles. The van der Waals surface area contributed by atoms with Gasteiger partial charge in [0.1, 0.15) is 0 Å². The molecule has 132 valence electrons. The molecule has 0 N–H and O–H groups in total. The van der Waals surface area contributed by atoms with Crippen molar-refractivity contribution in [1.29, 1.82) is 0 Å². The molecule has 6 heteroatoms. The molecule has 0 aromatic carbocycles. The fourth-order valence-electron chi connectivity index (χ4n) is 3.76. The highest BCUT2D eigenvalue weighted by Crippen LogP contribution is 2.42. The largest absolute Gasteiger partial charge is 0.380 e. The molecule has 0 saturated carbocycles. The van der Waals surface area contributed by atoms with Crippen LogP contribution in [0.5, 0.6) is 0 Å². The summed E-state index contributed by atoms with van der Waals surface area (Å²) in [6, 6.07) is 7.95. The molecule has 2 atom stereocenters. The Morgan fingerprint density at radius 2 is 2.40 bits per heavy atom. The van der Waals surface area contributed by atoms with E-state index >= 15 is 0 Å². The van der Waals surface area contributed by atoms with Crippen molar-refractivity contribution in [2.24, 2.45) is 11.3 Å². The zero-order chi connectivity index (χ0) is 17.1. The lowest BCUT2D eigenvalue weighted by molar-refractivity contribution is -0.130. The highest BCUT2D eigenvalue weighted by atomic mass is 32.1. The SMILES string of the molecule is O=C(Cc1cccs1)N1C[C@@H]2COC[C@]2(COCc2cccnc2)C1. The summed E-state index contributed by atoms with van der Waals surface area (Å²) in [4.78, 5) is 19.9. The molecule has 2 aliphatic rings. The summed E-state index contributed by atoms with van der Waals surface area (Å²) in [5.74, 6) is 0.581. The van der Waals surface area contributed by atoms with Gasteiger partial charge in [-0.15, -0.1) is 11.3 Å². The Balaban J connectivity index is 1.36. The van der Waals surface area contributed by atoms with Crippen molar-refractivity contribution in [2.45, 2.75) is 13.0 Å². The minimum absolute atomic E-state index is 0.0622. The standard InChI is InChI=1S/C19H22N2O3S/c22-18(7-17-4-2-6-25-17)21-9-16-11-24-14-19(16,12-21)13-23-10-15-3-1-5-20-8-15/h1-6,8,16H,7,9-14H2/t16-,19-/m1/s1. The second kappa shape index (κ2) is 7.23. The number of pyridine rings is 1. The van der Waals surface area contributed by atoms with Crippen molar-refractivity contribution in [1.82, 2.24) is 9.88 Å². The van der Waals surface area contributed by atoms with Crippen LogP contribution in [0.1, 0.15) is 10.4 Å². The summed E-state index contributed by atoms with van der Waals surface area (Å²) in [6.07, 6.45) is 4.08. The molecule has 2 aromatic rings. The Kier molecular flexibility index (Phi) is 4.83. The van der Waals surface area contributed by atoms with E-state index in [1.165, 1.54) is 0 Å². The number of likely N-dealkylation sites (tertiary alicyclic amines) is 1. The summed E-state index contributed by atoms with van der Waals surface area (Å²) in [6.45, 7) is 4.07. The maximum absolute atomic E-state index is 12.6. The number of fused-ring (bicyclic) bond motifs is 1. The first-order chi connectivity index (χ1) is 12.3. The number of thiophene rings is 1. The molecule has 0 unspecified atom stereocenters. The van der Waals surface area contributed by atoms with Crippen molar-refractivity contribution >= 4 is 17.2 Å². The molecule has 4 rings (SSSR count). The molecule has 0 aliphatic carbocycles. The van der Waals surface area contributed by atoms with Crippen LogP contribution >= 0.6 is 11.3 Å². The van der Waals surface area contributed by atoms with E-state index in [4.69, 9.17) is 9.47 Å². The van der Waals surface area contributed by atoms with Crippen molar-refractivity contribution in [2.75, 3.05) is 32.9 Å². The van der Waals surface area contributed by atoms with E-state index in [0.29, 0.717) is 32.2 Å². The summed E-state index contributed by atoms with van der Waals surface area (Å²) in [5, 5.41) is 2.02. The third-order valence-electron chi connectivity index (χ3n) is 5.16. The van der Waals surface area contributed by atoms with Gasteiger partial charge in [-0.1, -0.05) is 12.1 Å². The Morgan fingerprint density at radius 3 is 3.20 bits per heavy atom. The monoisotopic (exact) mass is 358 g/mol. The fourth-order valence-corrected chi connectivity index (χ4v) is 4.45. The molecule has 0 bridgehead atoms. The Morgan fingerprint density at radius 1 is 1.44 bits per heavy atom. The van der Waals surface area contributed by atoms with E-state index in [-0.39, 0.29) is 11.3 Å². The first kappa shape index (κ1) is 16.7. The van der Waals surface area contributed by atoms with Gasteiger partial charge < -0.3 is 14.4 Å². The van der Waals surface area contributed by atoms with E-state index in [0.717, 1.165) is 30.1 Å². The van der Waals surface area contributed by atoms with Crippen molar-refractivity contribution in [3.8, 4) is 0 Å². The second-order valence-corrected chi connectivity index (χ2v) is 7.99. The summed E-state index contributed by atoms with van der Waals surface area (Å²) < 4.78 is 11.7. The van der Waals surface area contributed by atoms with Gasteiger partial charge in [-0.25, -0.2) is 0 Å². The molecule has 2 fully saturated rings. The lowest BCUT2D eigenvalue weighted by Gasteiger charge is -2.26. The van der Waals surface area contributed by atoms with E-state index in [2.05, 4.69) is 4.98 Å². The molecular formula is C19H22N2O3S. The van der Waals surface area contributed by atoms with Gasteiger partial charge in [-0.2, -0.15) is 0 Å². The molecule has 2 aliphatic heterocycles. The number of carbonyl (C=O) groups is 1. The van der Waals surface area contributed by atoms with Crippen LogP contribution in [0, 0.1) is 11.3 Å². The maximum Gasteiger partial charge on any atom is 0.227 e.